The number of carboxylic acid groups (broad SMARTS) is 1. The van der Waals surface area contributed by atoms with Crippen LogP contribution in [0.5, 0.6) is 0 Å². The standard InChI is InChI=1S/C25H20F3N3O4/c1-31(12-11-19(32)33)16-8-10-17-15(13-16)7-9-18-21(17)29-35-24(18)22-20(25(26,27)28)23(34-30-22)14-5-3-2-4-6-14/h2-6,8,10,13H,7,9,11-12H2,1H3,(H,32,33). The topological polar surface area (TPSA) is 92.6 Å². The zero-order valence-electron chi connectivity index (χ0n) is 18.6. The summed E-state index contributed by atoms with van der Waals surface area (Å²) in [6, 6.07) is 13.6. The van der Waals surface area contributed by atoms with Gasteiger partial charge in [-0.05, 0) is 30.5 Å². The number of aliphatic carboxylic acids is 1. The van der Waals surface area contributed by atoms with Crippen molar-refractivity contribution in [1.82, 2.24) is 10.3 Å². The number of nitrogens with zero attached hydrogens (tertiary/aromatic N) is 3. The molecule has 1 aliphatic carbocycles. The lowest BCUT2D eigenvalue weighted by Crippen LogP contribution is -2.21. The van der Waals surface area contributed by atoms with Crippen LogP contribution in [-0.2, 0) is 23.8 Å². The highest BCUT2D eigenvalue weighted by molar-refractivity contribution is 5.80. The van der Waals surface area contributed by atoms with Gasteiger partial charge in [-0.1, -0.05) is 46.7 Å². The summed E-state index contributed by atoms with van der Waals surface area (Å²) in [7, 11) is 1.81. The molecule has 2 heterocycles. The number of aromatic nitrogens is 2. The van der Waals surface area contributed by atoms with E-state index in [0.29, 0.717) is 30.6 Å². The number of carboxylic acids is 1. The number of anilines is 1. The lowest BCUT2D eigenvalue weighted by molar-refractivity contribution is -0.137. The van der Waals surface area contributed by atoms with E-state index in [9.17, 15) is 18.0 Å². The minimum absolute atomic E-state index is 0.00852. The quantitative estimate of drug-likeness (QED) is 0.377. The lowest BCUT2D eigenvalue weighted by atomic mass is 9.87. The van der Waals surface area contributed by atoms with Gasteiger partial charge in [-0.3, -0.25) is 4.79 Å². The molecule has 0 saturated heterocycles. The van der Waals surface area contributed by atoms with Crippen LogP contribution in [0, 0.1) is 0 Å². The Bertz CT molecular complexity index is 1390. The summed E-state index contributed by atoms with van der Waals surface area (Å²) in [5, 5.41) is 16.8. The van der Waals surface area contributed by atoms with Crippen LogP contribution >= 0.6 is 0 Å². The van der Waals surface area contributed by atoms with Crippen molar-refractivity contribution in [2.75, 3.05) is 18.5 Å². The van der Waals surface area contributed by atoms with Crippen molar-refractivity contribution >= 4 is 11.7 Å². The number of rotatable bonds is 6. The van der Waals surface area contributed by atoms with Gasteiger partial charge in [0, 0.05) is 36.0 Å². The Morgan fingerprint density at radius 2 is 1.74 bits per heavy atom. The first-order valence-electron chi connectivity index (χ1n) is 10.9. The lowest BCUT2D eigenvalue weighted by Gasteiger charge is -2.22. The molecule has 7 nitrogen and oxygen atoms in total. The van der Waals surface area contributed by atoms with Crippen molar-refractivity contribution in [2.24, 2.45) is 0 Å². The van der Waals surface area contributed by atoms with Gasteiger partial charge >= 0.3 is 12.1 Å². The third kappa shape index (κ3) is 4.16. The SMILES string of the molecule is CN(CCC(=O)O)c1ccc2c(c1)CCc1c-2noc1-c1noc(-c2ccccc2)c1C(F)(F)F. The van der Waals surface area contributed by atoms with Gasteiger partial charge in [0.05, 0.1) is 6.42 Å². The first-order valence-corrected chi connectivity index (χ1v) is 10.9. The maximum atomic E-state index is 14.1. The van der Waals surface area contributed by atoms with E-state index >= 15 is 0 Å². The molecular weight excluding hydrogens is 463 g/mol. The number of halogens is 3. The molecule has 5 rings (SSSR count). The van der Waals surface area contributed by atoms with Crippen LogP contribution in [0.1, 0.15) is 23.1 Å². The van der Waals surface area contributed by atoms with E-state index in [2.05, 4.69) is 10.3 Å². The van der Waals surface area contributed by atoms with Crippen molar-refractivity contribution in [3.8, 4) is 34.0 Å². The zero-order valence-corrected chi connectivity index (χ0v) is 18.6. The van der Waals surface area contributed by atoms with Crippen LogP contribution in [-0.4, -0.2) is 35.0 Å². The summed E-state index contributed by atoms with van der Waals surface area (Å²) in [4.78, 5) is 12.7. The molecule has 0 atom stereocenters. The molecule has 0 spiro atoms. The second-order valence-electron chi connectivity index (χ2n) is 8.34. The Kier molecular flexibility index (Phi) is 5.58. The molecule has 2 aromatic heterocycles. The van der Waals surface area contributed by atoms with Gasteiger partial charge < -0.3 is 19.1 Å². The molecule has 0 amide bonds. The second kappa shape index (κ2) is 8.61. The first kappa shape index (κ1) is 22.7. The molecule has 0 aliphatic heterocycles. The molecule has 0 unspecified atom stereocenters. The monoisotopic (exact) mass is 483 g/mol. The Hall–Kier alpha value is -4.08. The highest BCUT2D eigenvalue weighted by Gasteiger charge is 2.43. The second-order valence-corrected chi connectivity index (χ2v) is 8.34. The van der Waals surface area contributed by atoms with Crippen LogP contribution in [0.3, 0.4) is 0 Å². The third-order valence-corrected chi connectivity index (χ3v) is 6.10. The summed E-state index contributed by atoms with van der Waals surface area (Å²) < 4.78 is 53.0. The van der Waals surface area contributed by atoms with Crippen molar-refractivity contribution in [3.63, 3.8) is 0 Å². The first-order chi connectivity index (χ1) is 16.7. The summed E-state index contributed by atoms with van der Waals surface area (Å²) in [5.74, 6) is -1.30. The third-order valence-electron chi connectivity index (χ3n) is 6.10. The maximum Gasteiger partial charge on any atom is 0.422 e. The number of alkyl halides is 3. The molecule has 180 valence electrons. The van der Waals surface area contributed by atoms with Gasteiger partial charge in [-0.15, -0.1) is 0 Å². The molecule has 0 radical (unpaired) electrons. The Morgan fingerprint density at radius 1 is 1.03 bits per heavy atom. The van der Waals surface area contributed by atoms with E-state index < -0.39 is 23.4 Å². The highest BCUT2D eigenvalue weighted by Crippen LogP contribution is 2.46. The largest absolute Gasteiger partial charge is 0.481 e. The Morgan fingerprint density at radius 3 is 2.46 bits per heavy atom. The normalized spacial score (nSPS) is 12.8. The molecule has 1 N–H and O–H groups in total. The number of carbonyl (C=O) groups is 1. The minimum atomic E-state index is -4.72. The van der Waals surface area contributed by atoms with Crippen molar-refractivity contribution in [3.05, 3.63) is 65.2 Å². The van der Waals surface area contributed by atoms with Crippen LogP contribution in [0.4, 0.5) is 18.9 Å². The van der Waals surface area contributed by atoms with Crippen LogP contribution < -0.4 is 4.90 Å². The Balaban J connectivity index is 1.54. The number of hydrogen-bond donors (Lipinski definition) is 1. The average Bonchev–Trinajstić information content (AvgIpc) is 3.47. The van der Waals surface area contributed by atoms with E-state index in [1.807, 2.05) is 23.1 Å². The predicted octanol–water partition coefficient (Wildman–Crippen LogP) is 5.69. The molecule has 0 saturated carbocycles. The van der Waals surface area contributed by atoms with E-state index in [-0.39, 0.29) is 23.5 Å². The van der Waals surface area contributed by atoms with E-state index in [1.54, 1.807) is 25.2 Å². The van der Waals surface area contributed by atoms with Crippen molar-refractivity contribution in [1.29, 1.82) is 0 Å². The van der Waals surface area contributed by atoms with Gasteiger partial charge in [0.25, 0.3) is 0 Å². The molecule has 0 bridgehead atoms. The molecule has 4 aromatic rings. The van der Waals surface area contributed by atoms with Crippen LogP contribution in [0.25, 0.3) is 34.0 Å². The maximum absolute atomic E-state index is 14.1. The van der Waals surface area contributed by atoms with E-state index in [4.69, 9.17) is 14.2 Å². The van der Waals surface area contributed by atoms with Gasteiger partial charge in [-0.2, -0.15) is 13.2 Å². The number of hydrogen-bond acceptors (Lipinski definition) is 6. The highest BCUT2D eigenvalue weighted by atomic mass is 19.4. The van der Waals surface area contributed by atoms with E-state index in [0.717, 1.165) is 16.8 Å². The van der Waals surface area contributed by atoms with E-state index in [1.165, 1.54) is 12.1 Å². The fourth-order valence-corrected chi connectivity index (χ4v) is 4.34. The molecular formula is C25H20F3N3O4. The molecule has 35 heavy (non-hydrogen) atoms. The van der Waals surface area contributed by atoms with Crippen molar-refractivity contribution in [2.45, 2.75) is 25.4 Å². The molecule has 1 aliphatic rings. The van der Waals surface area contributed by atoms with Gasteiger partial charge in [-0.25, -0.2) is 0 Å². The summed E-state index contributed by atoms with van der Waals surface area (Å²) >= 11 is 0. The number of aryl methyl sites for hydroxylation is 1. The molecule has 10 heteroatoms. The zero-order chi connectivity index (χ0) is 24.7. The summed E-state index contributed by atoms with van der Waals surface area (Å²) in [5.41, 5.74) is 2.43. The number of fused-ring (bicyclic) bond motifs is 3. The Labute approximate surface area is 197 Å². The van der Waals surface area contributed by atoms with Crippen molar-refractivity contribution < 1.29 is 32.1 Å². The fourth-order valence-electron chi connectivity index (χ4n) is 4.34. The number of benzene rings is 2. The summed E-state index contributed by atoms with van der Waals surface area (Å²) in [6.07, 6.45) is -3.74. The average molecular weight is 483 g/mol. The minimum Gasteiger partial charge on any atom is -0.481 e. The molecule has 2 aromatic carbocycles. The predicted molar refractivity (Wildman–Crippen MR) is 121 cm³/mol. The van der Waals surface area contributed by atoms with Gasteiger partial charge in [0.2, 0.25) is 0 Å². The van der Waals surface area contributed by atoms with Crippen LogP contribution in [0.15, 0.2) is 57.6 Å². The van der Waals surface area contributed by atoms with Gasteiger partial charge in [0.1, 0.15) is 11.3 Å². The van der Waals surface area contributed by atoms with Gasteiger partial charge in [0.15, 0.2) is 17.2 Å². The fraction of sp³-hybridized carbons (Fsp3) is 0.240. The van der Waals surface area contributed by atoms with Crippen LogP contribution in [0.2, 0.25) is 0 Å². The smallest absolute Gasteiger partial charge is 0.422 e. The molecule has 0 fully saturated rings. The summed E-state index contributed by atoms with van der Waals surface area (Å²) in [6.45, 7) is 0.351.